The van der Waals surface area contributed by atoms with Crippen molar-refractivity contribution in [1.29, 1.82) is 0 Å². The monoisotopic (exact) mass is 238 g/mol. The molecule has 0 spiro atoms. The van der Waals surface area contributed by atoms with Crippen LogP contribution in [0.1, 0.15) is 24.6 Å². The summed E-state index contributed by atoms with van der Waals surface area (Å²) in [5.41, 5.74) is 2.27. The number of nitrogens with zero attached hydrogens (tertiary/aromatic N) is 3. The van der Waals surface area contributed by atoms with Crippen molar-refractivity contribution in [2.24, 2.45) is 12.0 Å². The van der Waals surface area contributed by atoms with Crippen LogP contribution in [0.5, 0.6) is 0 Å². The molecular weight excluding hydrogens is 220 g/mol. The summed E-state index contributed by atoms with van der Waals surface area (Å²) in [7, 11) is 1.94. The maximum atomic E-state index is 4.59. The van der Waals surface area contributed by atoms with Crippen molar-refractivity contribution in [2.75, 3.05) is 5.75 Å². The molecule has 1 aromatic rings. The summed E-state index contributed by atoms with van der Waals surface area (Å²) in [6, 6.07) is 0.551. The van der Waals surface area contributed by atoms with E-state index >= 15 is 0 Å². The molecule has 2 rings (SSSR count). The van der Waals surface area contributed by atoms with Crippen LogP contribution in [0.15, 0.2) is 11.2 Å². The van der Waals surface area contributed by atoms with Gasteiger partial charge in [0, 0.05) is 30.6 Å². The van der Waals surface area contributed by atoms with Gasteiger partial charge in [-0.3, -0.25) is 9.67 Å². The first kappa shape index (κ1) is 11.5. The van der Waals surface area contributed by atoms with Gasteiger partial charge in [-0.15, -0.1) is 0 Å². The molecule has 2 heterocycles. The van der Waals surface area contributed by atoms with Crippen LogP contribution in [0, 0.1) is 6.92 Å². The predicted octanol–water partition coefficient (Wildman–Crippen LogP) is 1.70. The van der Waals surface area contributed by atoms with E-state index in [1.165, 1.54) is 17.7 Å². The van der Waals surface area contributed by atoms with Crippen LogP contribution in [0.25, 0.3) is 0 Å². The number of aromatic nitrogens is 2. The predicted molar refractivity (Wildman–Crippen MR) is 68.8 cm³/mol. The van der Waals surface area contributed by atoms with Crippen LogP contribution in [-0.4, -0.2) is 26.7 Å². The third kappa shape index (κ3) is 2.78. The molecule has 0 aliphatic carbocycles. The van der Waals surface area contributed by atoms with E-state index in [4.69, 9.17) is 0 Å². The van der Waals surface area contributed by atoms with Crippen LogP contribution in [0.3, 0.4) is 0 Å². The van der Waals surface area contributed by atoms with Gasteiger partial charge in [0.25, 0.3) is 0 Å². The lowest BCUT2D eigenvalue weighted by atomic mass is 10.2. The largest absolute Gasteiger partial charge is 0.362 e. The Morgan fingerprint density at radius 2 is 2.50 bits per heavy atom. The molecule has 1 saturated heterocycles. The van der Waals surface area contributed by atoms with Crippen molar-refractivity contribution in [1.82, 2.24) is 15.1 Å². The zero-order chi connectivity index (χ0) is 11.5. The highest BCUT2D eigenvalue weighted by atomic mass is 32.2. The number of hydrogen-bond acceptors (Lipinski definition) is 3. The van der Waals surface area contributed by atoms with Gasteiger partial charge in [0.1, 0.15) is 0 Å². The fraction of sp³-hybridized carbons (Fsp3) is 0.636. The molecule has 1 aliphatic rings. The normalized spacial score (nSPS) is 23.4. The van der Waals surface area contributed by atoms with Crippen LogP contribution in [0.4, 0.5) is 0 Å². The molecule has 4 nitrogen and oxygen atoms in total. The maximum Gasteiger partial charge on any atom is 0.157 e. The second-order valence-electron chi connectivity index (χ2n) is 4.22. The highest BCUT2D eigenvalue weighted by Crippen LogP contribution is 2.15. The number of amidine groups is 1. The topological polar surface area (TPSA) is 42.2 Å². The zero-order valence-corrected chi connectivity index (χ0v) is 10.8. The van der Waals surface area contributed by atoms with Crippen molar-refractivity contribution >= 4 is 16.9 Å². The lowest BCUT2D eigenvalue weighted by Crippen LogP contribution is -2.35. The lowest BCUT2D eigenvalue weighted by Gasteiger charge is -2.21. The molecule has 1 N–H and O–H groups in total. The number of rotatable bonds is 2. The molecule has 0 saturated carbocycles. The Bertz CT molecular complexity index is 397. The van der Waals surface area contributed by atoms with Gasteiger partial charge >= 0.3 is 0 Å². The number of thioether (sulfide) groups is 1. The minimum atomic E-state index is 0.551. The Hall–Kier alpha value is -0.970. The summed E-state index contributed by atoms with van der Waals surface area (Å²) < 4.78 is 1.84. The van der Waals surface area contributed by atoms with Crippen molar-refractivity contribution in [3.8, 4) is 0 Å². The molecule has 1 aromatic heterocycles. The number of hydrogen-bond donors (Lipinski definition) is 1. The number of nitrogens with one attached hydrogen (secondary N) is 1. The highest BCUT2D eigenvalue weighted by Gasteiger charge is 2.12. The van der Waals surface area contributed by atoms with Crippen LogP contribution < -0.4 is 5.32 Å². The molecule has 0 bridgehead atoms. The number of aryl methyl sites for hydroxylation is 2. The van der Waals surface area contributed by atoms with E-state index in [2.05, 4.69) is 22.3 Å². The second-order valence-corrected chi connectivity index (χ2v) is 5.30. The third-order valence-corrected chi connectivity index (χ3v) is 3.63. The van der Waals surface area contributed by atoms with Gasteiger partial charge in [0.05, 0.1) is 12.2 Å². The van der Waals surface area contributed by atoms with Crippen LogP contribution in [0.2, 0.25) is 0 Å². The van der Waals surface area contributed by atoms with Gasteiger partial charge < -0.3 is 5.32 Å². The van der Waals surface area contributed by atoms with Crippen LogP contribution >= 0.6 is 11.8 Å². The molecule has 1 fully saturated rings. The standard InChI is InChI=1S/C11H18N4S/c1-8-4-5-16-11(13-8)12-6-10-7-15(3)14-9(10)2/h7-8H,4-6H2,1-3H3,(H,12,13). The third-order valence-electron chi connectivity index (χ3n) is 2.67. The fourth-order valence-corrected chi connectivity index (χ4v) is 2.81. The quantitative estimate of drug-likeness (QED) is 0.852. The molecule has 1 unspecified atom stereocenters. The summed E-state index contributed by atoms with van der Waals surface area (Å²) in [6.07, 6.45) is 3.26. The lowest BCUT2D eigenvalue weighted by molar-refractivity contribution is 0.642. The Balaban J connectivity index is 2.00. The first-order chi connectivity index (χ1) is 7.65. The fourth-order valence-electron chi connectivity index (χ4n) is 1.71. The van der Waals surface area contributed by atoms with E-state index in [1.54, 1.807) is 0 Å². The van der Waals surface area contributed by atoms with E-state index in [-0.39, 0.29) is 0 Å². The summed E-state index contributed by atoms with van der Waals surface area (Å²) in [6.45, 7) is 4.95. The smallest absolute Gasteiger partial charge is 0.157 e. The van der Waals surface area contributed by atoms with E-state index in [0.29, 0.717) is 6.04 Å². The molecule has 0 aromatic carbocycles. The minimum absolute atomic E-state index is 0.551. The first-order valence-electron chi connectivity index (χ1n) is 5.58. The van der Waals surface area contributed by atoms with Gasteiger partial charge in [0.15, 0.2) is 5.17 Å². The van der Waals surface area contributed by atoms with E-state index < -0.39 is 0 Å². The molecule has 88 valence electrons. The average Bonchev–Trinajstić information content (AvgIpc) is 2.54. The summed E-state index contributed by atoms with van der Waals surface area (Å²) >= 11 is 1.81. The zero-order valence-electron chi connectivity index (χ0n) is 10.0. The van der Waals surface area contributed by atoms with Gasteiger partial charge in [-0.25, -0.2) is 0 Å². The van der Waals surface area contributed by atoms with Crippen molar-refractivity contribution in [3.05, 3.63) is 17.5 Å². The van der Waals surface area contributed by atoms with E-state index in [0.717, 1.165) is 17.4 Å². The van der Waals surface area contributed by atoms with Gasteiger partial charge in [-0.2, -0.15) is 5.10 Å². The van der Waals surface area contributed by atoms with Crippen LogP contribution in [-0.2, 0) is 13.6 Å². The van der Waals surface area contributed by atoms with Crippen molar-refractivity contribution < 1.29 is 0 Å². The highest BCUT2D eigenvalue weighted by molar-refractivity contribution is 8.13. The van der Waals surface area contributed by atoms with Crippen molar-refractivity contribution in [2.45, 2.75) is 32.9 Å². The Labute approximate surface area is 101 Å². The minimum Gasteiger partial charge on any atom is -0.362 e. The van der Waals surface area contributed by atoms with Gasteiger partial charge in [-0.1, -0.05) is 11.8 Å². The summed E-state index contributed by atoms with van der Waals surface area (Å²) in [4.78, 5) is 4.59. The second kappa shape index (κ2) is 4.91. The molecule has 16 heavy (non-hydrogen) atoms. The summed E-state index contributed by atoms with van der Waals surface area (Å²) in [5.74, 6) is 1.17. The number of aliphatic imine (C=N–C) groups is 1. The maximum absolute atomic E-state index is 4.59. The molecular formula is C11H18N4S. The van der Waals surface area contributed by atoms with Gasteiger partial charge in [-0.05, 0) is 20.3 Å². The molecule has 0 radical (unpaired) electrons. The molecule has 0 amide bonds. The Kier molecular flexibility index (Phi) is 3.53. The Morgan fingerprint density at radius 3 is 3.12 bits per heavy atom. The average molecular weight is 238 g/mol. The molecule has 5 heteroatoms. The molecule has 1 atom stereocenters. The van der Waals surface area contributed by atoms with Crippen molar-refractivity contribution in [3.63, 3.8) is 0 Å². The van der Waals surface area contributed by atoms with E-state index in [9.17, 15) is 0 Å². The SMILES string of the molecule is Cc1nn(C)cc1CN=C1NC(C)CCS1. The Morgan fingerprint density at radius 1 is 1.69 bits per heavy atom. The molecule has 1 aliphatic heterocycles. The van der Waals surface area contributed by atoms with Gasteiger partial charge in [0.2, 0.25) is 0 Å². The summed E-state index contributed by atoms with van der Waals surface area (Å²) in [5, 5.41) is 8.78. The van der Waals surface area contributed by atoms with E-state index in [1.807, 2.05) is 36.6 Å². The first-order valence-corrected chi connectivity index (χ1v) is 6.56.